The molecule has 2 N–H and O–H groups in total. The fourth-order valence-corrected chi connectivity index (χ4v) is 5.07. The predicted octanol–water partition coefficient (Wildman–Crippen LogP) is 3.20. The van der Waals surface area contributed by atoms with Crippen LogP contribution in [0.2, 0.25) is 5.02 Å². The Labute approximate surface area is 212 Å². The number of halogens is 3. The van der Waals surface area contributed by atoms with E-state index in [1.54, 1.807) is 18.6 Å². The minimum Gasteiger partial charge on any atom is -0.394 e. The van der Waals surface area contributed by atoms with Crippen LogP contribution in [-0.2, 0) is 9.53 Å². The summed E-state index contributed by atoms with van der Waals surface area (Å²) in [6.45, 7) is -0.545. The molecule has 1 aliphatic rings. The first kappa shape index (κ1) is 24.7. The van der Waals surface area contributed by atoms with E-state index in [1.807, 2.05) is 12.1 Å². The average molecular weight is 536 g/mol. The molecule has 0 saturated carbocycles. The standard InChI is InChI=1S/C23H20ClF2N5O4S/c1-30(11-2-5-14-19(6-11)36-10-27-14)23(34)17-7-16(22(33)18(9-32)35-17)31-8-15(28-29-31)12-3-4-13(24)21(26)20(12)25/h2-6,8,10,16-18,22,32-33H,7,9H2,1H3/t16-,17-,18-,22-/m1/s1. The Kier molecular flexibility index (Phi) is 6.70. The Morgan fingerprint density at radius 3 is 2.89 bits per heavy atom. The highest BCUT2D eigenvalue weighted by Crippen LogP contribution is 2.33. The highest BCUT2D eigenvalue weighted by molar-refractivity contribution is 7.16. The lowest BCUT2D eigenvalue weighted by molar-refractivity contribution is -0.169. The van der Waals surface area contributed by atoms with E-state index < -0.39 is 42.6 Å². The van der Waals surface area contributed by atoms with Gasteiger partial charge >= 0.3 is 0 Å². The molecule has 36 heavy (non-hydrogen) atoms. The minimum absolute atomic E-state index is 0.00387. The van der Waals surface area contributed by atoms with E-state index in [0.717, 1.165) is 10.2 Å². The van der Waals surface area contributed by atoms with Gasteiger partial charge in [-0.2, -0.15) is 0 Å². The van der Waals surface area contributed by atoms with Crippen LogP contribution >= 0.6 is 22.9 Å². The third kappa shape index (κ3) is 4.35. The second-order valence-electron chi connectivity index (χ2n) is 8.35. The van der Waals surface area contributed by atoms with Gasteiger partial charge in [-0.1, -0.05) is 16.8 Å². The molecule has 2 aromatic heterocycles. The van der Waals surface area contributed by atoms with Crippen molar-refractivity contribution in [1.82, 2.24) is 20.0 Å². The second-order valence-corrected chi connectivity index (χ2v) is 9.64. The van der Waals surface area contributed by atoms with Crippen molar-refractivity contribution >= 4 is 44.7 Å². The number of aliphatic hydroxyl groups is 2. The van der Waals surface area contributed by atoms with Crippen molar-refractivity contribution in [2.24, 2.45) is 0 Å². The molecule has 1 aliphatic heterocycles. The summed E-state index contributed by atoms with van der Waals surface area (Å²) < 4.78 is 36.2. The highest BCUT2D eigenvalue weighted by Gasteiger charge is 2.42. The number of likely N-dealkylation sites (N-methyl/N-ethyl adjacent to an activating group) is 1. The molecule has 5 rings (SSSR count). The number of fused-ring (bicyclic) bond motifs is 1. The van der Waals surface area contributed by atoms with Crippen molar-refractivity contribution in [2.45, 2.75) is 30.8 Å². The first-order valence-corrected chi connectivity index (χ1v) is 12.1. The molecule has 1 fully saturated rings. The number of carbonyl (C=O) groups excluding carboxylic acids is 1. The van der Waals surface area contributed by atoms with Gasteiger partial charge in [0.15, 0.2) is 11.6 Å². The Bertz CT molecular complexity index is 1430. The van der Waals surface area contributed by atoms with Gasteiger partial charge in [0, 0.05) is 24.7 Å². The lowest BCUT2D eigenvalue weighted by atomic mass is 9.94. The van der Waals surface area contributed by atoms with E-state index in [1.165, 1.54) is 39.2 Å². The number of hydrogen-bond acceptors (Lipinski definition) is 8. The molecule has 1 amide bonds. The lowest BCUT2D eigenvalue weighted by Gasteiger charge is -2.39. The maximum atomic E-state index is 14.4. The third-order valence-corrected chi connectivity index (χ3v) is 7.30. The van der Waals surface area contributed by atoms with Gasteiger partial charge in [0.1, 0.15) is 24.0 Å². The molecular weight excluding hydrogens is 516 g/mol. The normalized spacial score (nSPS) is 22.2. The molecule has 0 unspecified atom stereocenters. The molecule has 0 bridgehead atoms. The van der Waals surface area contributed by atoms with E-state index in [4.69, 9.17) is 16.3 Å². The van der Waals surface area contributed by atoms with Crippen LogP contribution in [0.5, 0.6) is 0 Å². The van der Waals surface area contributed by atoms with Crippen LogP contribution in [0.15, 0.2) is 42.0 Å². The molecule has 4 aromatic rings. The summed E-state index contributed by atoms with van der Waals surface area (Å²) in [6, 6.07) is 7.06. The molecule has 9 nitrogen and oxygen atoms in total. The Balaban J connectivity index is 1.41. The lowest BCUT2D eigenvalue weighted by Crippen LogP contribution is -2.52. The zero-order valence-electron chi connectivity index (χ0n) is 18.8. The molecule has 0 aliphatic carbocycles. The van der Waals surface area contributed by atoms with E-state index in [2.05, 4.69) is 15.3 Å². The van der Waals surface area contributed by atoms with Gasteiger partial charge in [0.2, 0.25) is 0 Å². The molecule has 0 spiro atoms. The number of hydrogen-bond donors (Lipinski definition) is 2. The molecule has 0 radical (unpaired) electrons. The van der Waals surface area contributed by atoms with Gasteiger partial charge in [0.05, 0.1) is 39.6 Å². The molecule has 188 valence electrons. The predicted molar refractivity (Wildman–Crippen MR) is 129 cm³/mol. The third-order valence-electron chi connectivity index (χ3n) is 6.22. The van der Waals surface area contributed by atoms with E-state index in [-0.39, 0.29) is 28.6 Å². The maximum absolute atomic E-state index is 14.4. The van der Waals surface area contributed by atoms with Crippen molar-refractivity contribution in [3.05, 3.63) is 58.7 Å². The van der Waals surface area contributed by atoms with Crippen molar-refractivity contribution in [2.75, 3.05) is 18.6 Å². The van der Waals surface area contributed by atoms with Gasteiger partial charge in [-0.15, -0.1) is 16.4 Å². The summed E-state index contributed by atoms with van der Waals surface area (Å²) in [4.78, 5) is 19.0. The SMILES string of the molecule is CN(C(=O)[C@H]1C[C@@H](n2cc(-c3ccc(Cl)c(F)c3F)nn2)[C@@H](O)[C@@H](CO)O1)c1ccc2ncsc2c1. The number of anilines is 1. The largest absolute Gasteiger partial charge is 0.394 e. The van der Waals surface area contributed by atoms with Crippen molar-refractivity contribution in [3.8, 4) is 11.3 Å². The zero-order chi connectivity index (χ0) is 25.6. The summed E-state index contributed by atoms with van der Waals surface area (Å²) in [5.74, 6) is -2.77. The van der Waals surface area contributed by atoms with Gasteiger partial charge in [-0.05, 0) is 30.3 Å². The second kappa shape index (κ2) is 9.79. The van der Waals surface area contributed by atoms with Gasteiger partial charge in [-0.3, -0.25) is 4.79 Å². The number of amides is 1. The van der Waals surface area contributed by atoms with Gasteiger partial charge in [-0.25, -0.2) is 18.4 Å². The summed E-state index contributed by atoms with van der Waals surface area (Å²) in [7, 11) is 1.60. The summed E-state index contributed by atoms with van der Waals surface area (Å²) in [6.07, 6.45) is -1.99. The van der Waals surface area contributed by atoms with Crippen LogP contribution in [-0.4, -0.2) is 68.1 Å². The first-order valence-electron chi connectivity index (χ1n) is 10.9. The van der Waals surface area contributed by atoms with Gasteiger partial charge < -0.3 is 19.8 Å². The van der Waals surface area contributed by atoms with Crippen LogP contribution in [0, 0.1) is 11.6 Å². The quantitative estimate of drug-likeness (QED) is 0.377. The number of benzene rings is 2. The molecule has 4 atom stereocenters. The van der Waals surface area contributed by atoms with Crippen LogP contribution in [0.25, 0.3) is 21.5 Å². The number of thiazole rings is 1. The molecule has 3 heterocycles. The van der Waals surface area contributed by atoms with E-state index >= 15 is 0 Å². The highest BCUT2D eigenvalue weighted by atomic mass is 35.5. The Hall–Kier alpha value is -3.03. The van der Waals surface area contributed by atoms with Crippen molar-refractivity contribution in [1.29, 1.82) is 0 Å². The van der Waals surface area contributed by atoms with Gasteiger partial charge in [0.25, 0.3) is 5.91 Å². The molecular formula is C23H20ClF2N5O4S. The van der Waals surface area contributed by atoms with Crippen molar-refractivity contribution in [3.63, 3.8) is 0 Å². The monoisotopic (exact) mass is 535 g/mol. The van der Waals surface area contributed by atoms with Crippen LogP contribution in [0.1, 0.15) is 12.5 Å². The Morgan fingerprint density at radius 1 is 1.31 bits per heavy atom. The van der Waals surface area contributed by atoms with E-state index in [9.17, 15) is 23.8 Å². The summed E-state index contributed by atoms with van der Waals surface area (Å²) in [5, 5.41) is 28.1. The first-order chi connectivity index (χ1) is 17.3. The number of rotatable bonds is 5. The maximum Gasteiger partial charge on any atom is 0.255 e. The summed E-state index contributed by atoms with van der Waals surface area (Å²) in [5.41, 5.74) is 3.02. The van der Waals surface area contributed by atoms with Crippen LogP contribution in [0.3, 0.4) is 0 Å². The fourth-order valence-electron chi connectivity index (χ4n) is 4.21. The number of nitrogens with zero attached hydrogens (tertiary/aromatic N) is 5. The molecule has 13 heteroatoms. The van der Waals surface area contributed by atoms with E-state index in [0.29, 0.717) is 5.69 Å². The molecule has 1 saturated heterocycles. The fraction of sp³-hybridized carbons (Fsp3) is 0.304. The smallest absolute Gasteiger partial charge is 0.255 e. The zero-order valence-corrected chi connectivity index (χ0v) is 20.3. The van der Waals surface area contributed by atoms with Crippen molar-refractivity contribution < 1.29 is 28.5 Å². The minimum atomic E-state index is -1.24. The summed E-state index contributed by atoms with van der Waals surface area (Å²) >= 11 is 7.07. The molecule has 2 aromatic carbocycles. The number of ether oxygens (including phenoxy) is 1. The number of carbonyl (C=O) groups is 1. The number of aliphatic hydroxyl groups excluding tert-OH is 2. The van der Waals surface area contributed by atoms with Crippen LogP contribution < -0.4 is 4.90 Å². The number of aromatic nitrogens is 4. The Morgan fingerprint density at radius 2 is 2.11 bits per heavy atom. The topological polar surface area (TPSA) is 114 Å². The average Bonchev–Trinajstić information content (AvgIpc) is 3.56. The van der Waals surface area contributed by atoms with Crippen LogP contribution in [0.4, 0.5) is 14.5 Å².